The molecule has 1 heterocycles. The molecular formula is C11H20N2O2S2. The third-order valence-corrected chi connectivity index (χ3v) is 5.93. The monoisotopic (exact) mass is 276 g/mol. The fraction of sp³-hybridized carbons (Fsp3) is 0.636. The maximum Gasteiger partial charge on any atom is 0.252 e. The van der Waals surface area contributed by atoms with Gasteiger partial charge >= 0.3 is 0 Å². The van der Waals surface area contributed by atoms with Crippen LogP contribution in [0, 0.1) is 0 Å². The van der Waals surface area contributed by atoms with Crippen molar-refractivity contribution in [1.29, 1.82) is 0 Å². The molecule has 0 saturated carbocycles. The molecule has 0 saturated heterocycles. The highest BCUT2D eigenvalue weighted by Gasteiger charge is 2.23. The first-order chi connectivity index (χ1) is 8.06. The summed E-state index contributed by atoms with van der Waals surface area (Å²) in [4.78, 5) is 1.04. The molecule has 0 aliphatic carbocycles. The predicted molar refractivity (Wildman–Crippen MR) is 71.8 cm³/mol. The summed E-state index contributed by atoms with van der Waals surface area (Å²) in [6.45, 7) is 5.67. The number of nitrogens with one attached hydrogen (secondary N) is 1. The largest absolute Gasteiger partial charge is 0.315 e. The summed E-state index contributed by atoms with van der Waals surface area (Å²) in [6.07, 6.45) is 0.835. The van der Waals surface area contributed by atoms with Crippen LogP contribution in [0.15, 0.2) is 16.3 Å². The Hall–Kier alpha value is -0.430. The molecule has 6 heteroatoms. The lowest BCUT2D eigenvalue weighted by Gasteiger charge is -2.18. The Balaban J connectivity index is 2.94. The standard InChI is InChI=1S/C11H20N2O2S2/c1-4-8-13(5-2)17(14,15)11-7-6-10(16-11)9-12-3/h6-7,12H,4-5,8-9H2,1-3H3. The molecule has 0 aliphatic rings. The second-order valence-corrected chi connectivity index (χ2v) is 7.08. The van der Waals surface area contributed by atoms with E-state index in [4.69, 9.17) is 0 Å². The fourth-order valence-electron chi connectivity index (χ4n) is 1.59. The predicted octanol–water partition coefficient (Wildman–Crippen LogP) is 1.89. The van der Waals surface area contributed by atoms with Gasteiger partial charge in [0.15, 0.2) is 0 Å². The summed E-state index contributed by atoms with van der Waals surface area (Å²) < 4.78 is 26.5. The van der Waals surface area contributed by atoms with Crippen molar-refractivity contribution in [3.05, 3.63) is 17.0 Å². The summed E-state index contributed by atoms with van der Waals surface area (Å²) in [5.41, 5.74) is 0. The second kappa shape index (κ2) is 6.49. The number of hydrogen-bond acceptors (Lipinski definition) is 4. The SMILES string of the molecule is CCCN(CC)S(=O)(=O)c1ccc(CNC)s1. The van der Waals surface area contributed by atoms with E-state index in [2.05, 4.69) is 5.32 Å². The van der Waals surface area contributed by atoms with Crippen molar-refractivity contribution in [1.82, 2.24) is 9.62 Å². The number of sulfonamides is 1. The van der Waals surface area contributed by atoms with Gasteiger partial charge in [0, 0.05) is 24.5 Å². The number of hydrogen-bond donors (Lipinski definition) is 1. The topological polar surface area (TPSA) is 49.4 Å². The molecule has 4 nitrogen and oxygen atoms in total. The summed E-state index contributed by atoms with van der Waals surface area (Å²) >= 11 is 1.34. The number of thiophene rings is 1. The summed E-state index contributed by atoms with van der Waals surface area (Å²) in [7, 11) is -1.44. The quantitative estimate of drug-likeness (QED) is 0.827. The molecule has 1 aromatic heterocycles. The number of nitrogens with zero attached hydrogens (tertiary/aromatic N) is 1. The fourth-order valence-corrected chi connectivity index (χ4v) is 4.65. The van der Waals surface area contributed by atoms with E-state index in [9.17, 15) is 8.42 Å². The Bertz CT molecular complexity index is 440. The molecule has 0 atom stereocenters. The minimum atomic E-state index is -3.29. The maximum absolute atomic E-state index is 12.3. The van der Waals surface area contributed by atoms with Crippen molar-refractivity contribution in [2.45, 2.75) is 31.0 Å². The minimum absolute atomic E-state index is 0.443. The third kappa shape index (κ3) is 3.51. The van der Waals surface area contributed by atoms with Crippen LogP contribution in [0.5, 0.6) is 0 Å². The van der Waals surface area contributed by atoms with Gasteiger partial charge in [0.1, 0.15) is 4.21 Å². The molecule has 0 bridgehead atoms. The highest BCUT2D eigenvalue weighted by molar-refractivity contribution is 7.91. The first kappa shape index (κ1) is 14.6. The van der Waals surface area contributed by atoms with Gasteiger partial charge in [-0.1, -0.05) is 13.8 Å². The Morgan fingerprint density at radius 3 is 2.59 bits per heavy atom. The van der Waals surface area contributed by atoms with Crippen LogP contribution in [0.2, 0.25) is 0 Å². The van der Waals surface area contributed by atoms with Crippen molar-refractivity contribution in [2.75, 3.05) is 20.1 Å². The molecule has 0 spiro atoms. The van der Waals surface area contributed by atoms with Gasteiger partial charge in [0.05, 0.1) is 0 Å². The average molecular weight is 276 g/mol. The summed E-state index contributed by atoms with van der Waals surface area (Å²) in [5, 5.41) is 3.02. The van der Waals surface area contributed by atoms with Crippen LogP contribution in [-0.4, -0.2) is 32.9 Å². The van der Waals surface area contributed by atoms with Gasteiger partial charge in [0.25, 0.3) is 10.0 Å². The van der Waals surface area contributed by atoms with Gasteiger partial charge in [-0.15, -0.1) is 11.3 Å². The van der Waals surface area contributed by atoms with Gasteiger partial charge in [-0.2, -0.15) is 4.31 Å². The zero-order valence-corrected chi connectivity index (χ0v) is 12.2. The second-order valence-electron chi connectivity index (χ2n) is 3.75. The summed E-state index contributed by atoms with van der Waals surface area (Å²) in [5.74, 6) is 0. The molecule has 1 N–H and O–H groups in total. The molecule has 0 radical (unpaired) electrons. The normalized spacial score (nSPS) is 12.2. The minimum Gasteiger partial charge on any atom is -0.315 e. The van der Waals surface area contributed by atoms with E-state index >= 15 is 0 Å². The van der Waals surface area contributed by atoms with E-state index in [1.165, 1.54) is 15.6 Å². The molecule has 0 aliphatic heterocycles. The highest BCUT2D eigenvalue weighted by Crippen LogP contribution is 2.24. The molecule has 1 rings (SSSR count). The zero-order valence-electron chi connectivity index (χ0n) is 10.6. The summed E-state index contributed by atoms with van der Waals surface area (Å²) in [6, 6.07) is 3.57. The van der Waals surface area contributed by atoms with Gasteiger partial charge in [0.2, 0.25) is 0 Å². The molecule has 17 heavy (non-hydrogen) atoms. The van der Waals surface area contributed by atoms with Crippen LogP contribution in [0.3, 0.4) is 0 Å². The van der Waals surface area contributed by atoms with Gasteiger partial charge in [-0.05, 0) is 25.6 Å². The first-order valence-corrected chi connectivity index (χ1v) is 8.05. The van der Waals surface area contributed by atoms with Crippen LogP contribution in [0.1, 0.15) is 25.1 Å². The third-order valence-electron chi connectivity index (χ3n) is 2.41. The molecule has 0 aromatic carbocycles. The first-order valence-electron chi connectivity index (χ1n) is 5.79. The smallest absolute Gasteiger partial charge is 0.252 e. The van der Waals surface area contributed by atoms with E-state index in [0.29, 0.717) is 23.8 Å². The lowest BCUT2D eigenvalue weighted by molar-refractivity contribution is 0.428. The zero-order chi connectivity index (χ0) is 12.9. The number of rotatable bonds is 7. The van der Waals surface area contributed by atoms with Gasteiger partial charge < -0.3 is 5.32 Å². The van der Waals surface area contributed by atoms with Crippen molar-refractivity contribution < 1.29 is 8.42 Å². The molecule has 98 valence electrons. The van der Waals surface area contributed by atoms with Crippen molar-refractivity contribution in [2.24, 2.45) is 0 Å². The van der Waals surface area contributed by atoms with Crippen LogP contribution in [0.25, 0.3) is 0 Å². The van der Waals surface area contributed by atoms with Crippen molar-refractivity contribution >= 4 is 21.4 Å². The van der Waals surface area contributed by atoms with E-state index < -0.39 is 10.0 Å². The van der Waals surface area contributed by atoms with Gasteiger partial charge in [-0.25, -0.2) is 8.42 Å². The van der Waals surface area contributed by atoms with Crippen LogP contribution in [-0.2, 0) is 16.6 Å². The Labute approximate surface area is 108 Å². The molecule has 0 unspecified atom stereocenters. The van der Waals surface area contributed by atoms with E-state index in [1.54, 1.807) is 6.07 Å². The Morgan fingerprint density at radius 1 is 1.35 bits per heavy atom. The highest BCUT2D eigenvalue weighted by atomic mass is 32.2. The maximum atomic E-state index is 12.3. The molecular weight excluding hydrogens is 256 g/mol. The lowest BCUT2D eigenvalue weighted by Crippen LogP contribution is -2.31. The van der Waals surface area contributed by atoms with Crippen molar-refractivity contribution in [3.8, 4) is 0 Å². The molecule has 0 fully saturated rings. The Morgan fingerprint density at radius 2 is 2.06 bits per heavy atom. The van der Waals surface area contributed by atoms with E-state index in [-0.39, 0.29) is 0 Å². The van der Waals surface area contributed by atoms with Crippen LogP contribution in [0.4, 0.5) is 0 Å². The molecule has 1 aromatic rings. The lowest BCUT2D eigenvalue weighted by atomic mass is 10.5. The van der Waals surface area contributed by atoms with Crippen LogP contribution >= 0.6 is 11.3 Å². The molecule has 0 amide bonds. The van der Waals surface area contributed by atoms with Crippen molar-refractivity contribution in [3.63, 3.8) is 0 Å². The van der Waals surface area contributed by atoms with Gasteiger partial charge in [-0.3, -0.25) is 0 Å². The Kier molecular flexibility index (Phi) is 5.58. The average Bonchev–Trinajstić information content (AvgIpc) is 2.75. The van der Waals surface area contributed by atoms with Crippen LogP contribution < -0.4 is 5.32 Å². The van der Waals surface area contributed by atoms with E-state index in [1.807, 2.05) is 27.0 Å². The van der Waals surface area contributed by atoms with E-state index in [0.717, 1.165) is 11.3 Å².